The second kappa shape index (κ2) is 13.7. The van der Waals surface area contributed by atoms with Crippen molar-refractivity contribution in [3.05, 3.63) is 70.4 Å². The van der Waals surface area contributed by atoms with Crippen molar-refractivity contribution in [1.82, 2.24) is 14.9 Å². The molecule has 0 radical (unpaired) electrons. The summed E-state index contributed by atoms with van der Waals surface area (Å²) in [5.74, 6) is 1.36. The molecular formula is C31H35Cl2N7O4. The highest BCUT2D eigenvalue weighted by molar-refractivity contribution is 6.42. The van der Waals surface area contributed by atoms with E-state index in [1.807, 2.05) is 24.3 Å². The number of urea groups is 1. The van der Waals surface area contributed by atoms with Gasteiger partial charge in [-0.1, -0.05) is 41.9 Å². The number of rotatable bonds is 10. The van der Waals surface area contributed by atoms with Crippen molar-refractivity contribution in [1.29, 1.82) is 0 Å². The van der Waals surface area contributed by atoms with Crippen molar-refractivity contribution in [3.8, 4) is 11.5 Å². The number of hydrogen-bond acceptors (Lipinski definition) is 8. The van der Waals surface area contributed by atoms with Gasteiger partial charge in [0.25, 0.3) is 0 Å². The zero-order valence-corrected chi connectivity index (χ0v) is 26.4. The van der Waals surface area contributed by atoms with Crippen LogP contribution in [0.15, 0.2) is 49.2 Å². The lowest BCUT2D eigenvalue weighted by Gasteiger charge is -2.37. The van der Waals surface area contributed by atoms with E-state index in [-0.39, 0.29) is 40.3 Å². The highest BCUT2D eigenvalue weighted by atomic mass is 35.5. The number of benzene rings is 2. The number of halogens is 2. The molecule has 11 nitrogen and oxygen atoms in total. The lowest BCUT2D eigenvalue weighted by atomic mass is 10.1. The fourth-order valence-electron chi connectivity index (χ4n) is 5.30. The van der Waals surface area contributed by atoms with Crippen molar-refractivity contribution in [3.63, 3.8) is 0 Å². The first-order valence-electron chi connectivity index (χ1n) is 14.2. The van der Waals surface area contributed by atoms with E-state index in [2.05, 4.69) is 34.1 Å². The van der Waals surface area contributed by atoms with Crippen LogP contribution in [-0.4, -0.2) is 73.7 Å². The Morgan fingerprint density at radius 1 is 1.11 bits per heavy atom. The Morgan fingerprint density at radius 3 is 2.39 bits per heavy atom. The van der Waals surface area contributed by atoms with E-state index in [1.165, 1.54) is 25.2 Å². The molecule has 0 spiro atoms. The molecule has 0 atom stereocenters. The average Bonchev–Trinajstić information content (AvgIpc) is 3.03. The number of ether oxygens (including phenoxy) is 2. The van der Waals surface area contributed by atoms with Gasteiger partial charge in [-0.2, -0.15) is 4.98 Å². The fourth-order valence-corrected chi connectivity index (χ4v) is 6.00. The van der Waals surface area contributed by atoms with Gasteiger partial charge in [0, 0.05) is 36.1 Å². The van der Waals surface area contributed by atoms with E-state index in [9.17, 15) is 9.59 Å². The Balaban J connectivity index is 1.47. The van der Waals surface area contributed by atoms with Gasteiger partial charge in [-0.05, 0) is 63.2 Å². The minimum atomic E-state index is -0.351. The number of aromatic nitrogens is 2. The number of likely N-dealkylation sites (tertiary alicyclic amines) is 1. The highest BCUT2D eigenvalue weighted by Gasteiger charge is 2.36. The molecule has 2 aliphatic rings. The zero-order valence-electron chi connectivity index (χ0n) is 24.9. The number of carbonyl (C=O) groups excluding carboxylic acids is 2. The molecule has 3 amide bonds. The molecule has 0 saturated carbocycles. The third-order valence-corrected chi connectivity index (χ3v) is 8.52. The minimum absolute atomic E-state index is 0.145. The zero-order chi connectivity index (χ0) is 31.4. The summed E-state index contributed by atoms with van der Waals surface area (Å²) < 4.78 is 10.9. The Labute approximate surface area is 266 Å². The first-order valence-corrected chi connectivity index (χ1v) is 15.0. The summed E-state index contributed by atoms with van der Waals surface area (Å²) in [5.41, 5.74) is 2.62. The van der Waals surface area contributed by atoms with Crippen LogP contribution in [0.1, 0.15) is 24.0 Å². The molecular weight excluding hydrogens is 605 g/mol. The lowest BCUT2D eigenvalue weighted by Crippen LogP contribution is -2.49. The van der Waals surface area contributed by atoms with Gasteiger partial charge in [-0.25, -0.2) is 9.78 Å². The van der Waals surface area contributed by atoms with Crippen LogP contribution < -0.4 is 29.9 Å². The summed E-state index contributed by atoms with van der Waals surface area (Å²) in [5, 5.41) is 6.58. The van der Waals surface area contributed by atoms with Gasteiger partial charge in [-0.15, -0.1) is 0 Å². The third-order valence-electron chi connectivity index (χ3n) is 7.79. The normalized spacial score (nSPS) is 15.5. The maximum absolute atomic E-state index is 14.3. The van der Waals surface area contributed by atoms with Gasteiger partial charge < -0.3 is 25.0 Å². The van der Waals surface area contributed by atoms with Crippen LogP contribution in [0.4, 0.5) is 27.9 Å². The number of nitrogens with one attached hydrogen (secondary N) is 2. The molecule has 3 heterocycles. The van der Waals surface area contributed by atoms with Crippen LogP contribution in [0, 0.1) is 0 Å². The quantitative estimate of drug-likeness (QED) is 0.275. The molecule has 0 bridgehead atoms. The predicted molar refractivity (Wildman–Crippen MR) is 174 cm³/mol. The molecule has 232 valence electrons. The van der Waals surface area contributed by atoms with E-state index in [1.54, 1.807) is 17.2 Å². The van der Waals surface area contributed by atoms with E-state index in [4.69, 9.17) is 37.7 Å². The van der Waals surface area contributed by atoms with Crippen LogP contribution in [0.5, 0.6) is 11.5 Å². The molecule has 13 heteroatoms. The van der Waals surface area contributed by atoms with Crippen LogP contribution in [0.2, 0.25) is 10.0 Å². The number of hydrogen-bond donors (Lipinski definition) is 2. The molecule has 3 aromatic rings. The highest BCUT2D eigenvalue weighted by Crippen LogP contribution is 2.48. The molecule has 2 aromatic carbocycles. The van der Waals surface area contributed by atoms with Gasteiger partial charge in [-0.3, -0.25) is 14.6 Å². The molecule has 44 heavy (non-hydrogen) atoms. The van der Waals surface area contributed by atoms with Gasteiger partial charge in [0.2, 0.25) is 11.9 Å². The van der Waals surface area contributed by atoms with Crippen molar-refractivity contribution < 1.29 is 19.1 Å². The van der Waals surface area contributed by atoms with E-state index in [0.717, 1.165) is 37.1 Å². The van der Waals surface area contributed by atoms with E-state index >= 15 is 0 Å². The second-order valence-electron chi connectivity index (χ2n) is 10.7. The van der Waals surface area contributed by atoms with Crippen molar-refractivity contribution in [2.45, 2.75) is 31.8 Å². The standard InChI is InChI=1S/C31H35Cl2N7O4/c1-5-25(41)35-21-8-6-19(7-9-21)10-15-39-29-20(17-34-30(37-29)36-22-11-13-38(2)14-12-22)18-40(31(39)42)28-26(32)23(43-3)16-24(44-4)27(28)33/h5-9,16-17,22H,1,10-15,18H2,2-4H3,(H,35,41)(H,34,36,37). The Kier molecular flexibility index (Phi) is 9.77. The number of fused-ring (bicyclic) bond motifs is 1. The molecule has 1 fully saturated rings. The van der Waals surface area contributed by atoms with Crippen molar-refractivity contribution >= 4 is 58.3 Å². The Hall–Kier alpha value is -4.06. The van der Waals surface area contributed by atoms with Crippen LogP contribution >= 0.6 is 23.2 Å². The fraction of sp³-hybridized carbons (Fsp3) is 0.355. The van der Waals surface area contributed by atoms with Gasteiger partial charge in [0.1, 0.15) is 27.4 Å². The summed E-state index contributed by atoms with van der Waals surface area (Å²) in [7, 11) is 5.08. The first kappa shape index (κ1) is 31.4. The van der Waals surface area contributed by atoms with Gasteiger partial charge in [0.15, 0.2) is 0 Å². The molecule has 5 rings (SSSR count). The minimum Gasteiger partial charge on any atom is -0.495 e. The maximum atomic E-state index is 14.3. The largest absolute Gasteiger partial charge is 0.495 e. The summed E-state index contributed by atoms with van der Waals surface area (Å²) in [6.07, 6.45) is 5.42. The van der Waals surface area contributed by atoms with Crippen LogP contribution in [0.25, 0.3) is 0 Å². The summed E-state index contributed by atoms with van der Waals surface area (Å²) in [6, 6.07) is 8.90. The van der Waals surface area contributed by atoms with E-state index < -0.39 is 0 Å². The van der Waals surface area contributed by atoms with E-state index in [0.29, 0.717) is 41.9 Å². The Bertz CT molecular complexity index is 1520. The van der Waals surface area contributed by atoms with Gasteiger partial charge >= 0.3 is 6.03 Å². The number of amides is 3. The summed E-state index contributed by atoms with van der Waals surface area (Å²) in [4.78, 5) is 40.8. The number of piperidine rings is 1. The first-order chi connectivity index (χ1) is 21.2. The lowest BCUT2D eigenvalue weighted by molar-refractivity contribution is -0.111. The van der Waals surface area contributed by atoms with Crippen molar-refractivity contribution in [2.75, 3.05) is 61.3 Å². The monoisotopic (exact) mass is 639 g/mol. The van der Waals surface area contributed by atoms with Crippen LogP contribution in [0.3, 0.4) is 0 Å². The number of methoxy groups -OCH3 is 2. The molecule has 2 N–H and O–H groups in total. The summed E-state index contributed by atoms with van der Waals surface area (Å²) >= 11 is 13.5. The average molecular weight is 641 g/mol. The predicted octanol–water partition coefficient (Wildman–Crippen LogP) is 5.62. The Morgan fingerprint density at radius 2 is 1.77 bits per heavy atom. The SMILES string of the molecule is C=CC(=O)Nc1ccc(CCN2C(=O)N(c3c(Cl)c(OC)cc(OC)c3Cl)Cc3cnc(NC4CCN(C)CC4)nc32)cc1. The molecule has 0 aliphatic carbocycles. The molecule has 1 aromatic heterocycles. The van der Waals surface area contributed by atoms with Crippen molar-refractivity contribution in [2.24, 2.45) is 0 Å². The molecule has 2 aliphatic heterocycles. The van der Waals surface area contributed by atoms with Gasteiger partial charge in [0.05, 0.1) is 26.5 Å². The topological polar surface area (TPSA) is 112 Å². The van der Waals surface area contributed by atoms with Crippen LogP contribution in [-0.2, 0) is 17.8 Å². The smallest absolute Gasteiger partial charge is 0.330 e. The number of nitrogens with zero attached hydrogens (tertiary/aromatic N) is 5. The maximum Gasteiger partial charge on any atom is 0.330 e. The summed E-state index contributed by atoms with van der Waals surface area (Å²) in [6.45, 7) is 5.91. The molecule has 1 saturated heterocycles. The molecule has 0 unspecified atom stereocenters. The second-order valence-corrected chi connectivity index (χ2v) is 11.4. The number of anilines is 4. The third kappa shape index (κ3) is 6.69. The number of carbonyl (C=O) groups is 2.